The van der Waals surface area contributed by atoms with Crippen LogP contribution in [0, 0.1) is 5.95 Å². The number of aromatic amines is 1. The van der Waals surface area contributed by atoms with Gasteiger partial charge in [0.05, 0.1) is 6.33 Å². The summed E-state index contributed by atoms with van der Waals surface area (Å²) in [4.78, 5) is 15.2. The zero-order valence-electron chi connectivity index (χ0n) is 3.89. The van der Waals surface area contributed by atoms with Gasteiger partial charge in [0, 0.05) is 0 Å². The second-order valence-electron chi connectivity index (χ2n) is 1.22. The van der Waals surface area contributed by atoms with Gasteiger partial charge < -0.3 is 4.98 Å². The summed E-state index contributed by atoms with van der Waals surface area (Å²) in [6.45, 7) is 0. The van der Waals surface area contributed by atoms with Crippen molar-refractivity contribution < 1.29 is 9.18 Å². The number of nitrogens with zero attached hydrogens (tertiary/aromatic N) is 1. The Hall–Kier alpha value is -1.19. The van der Waals surface area contributed by atoms with E-state index in [9.17, 15) is 9.18 Å². The van der Waals surface area contributed by atoms with E-state index in [2.05, 4.69) is 9.97 Å². The lowest BCUT2D eigenvalue weighted by Gasteiger charge is -1.73. The van der Waals surface area contributed by atoms with Crippen LogP contribution < -0.4 is 0 Å². The SMILES string of the molecule is O=Cc1nc[nH]c1F. The number of aromatic nitrogens is 2. The van der Waals surface area contributed by atoms with Crippen molar-refractivity contribution >= 4 is 6.29 Å². The van der Waals surface area contributed by atoms with E-state index in [0.717, 1.165) is 6.33 Å². The Labute approximate surface area is 44.6 Å². The maximum absolute atomic E-state index is 12.0. The van der Waals surface area contributed by atoms with Crippen LogP contribution in [-0.4, -0.2) is 16.3 Å². The van der Waals surface area contributed by atoms with Crippen LogP contribution in [0.25, 0.3) is 0 Å². The molecule has 0 saturated heterocycles. The molecular weight excluding hydrogens is 111 g/mol. The Morgan fingerprint density at radius 3 is 2.88 bits per heavy atom. The van der Waals surface area contributed by atoms with Gasteiger partial charge in [0.25, 0.3) is 0 Å². The summed E-state index contributed by atoms with van der Waals surface area (Å²) in [5.41, 5.74) is -0.176. The van der Waals surface area contributed by atoms with Crippen molar-refractivity contribution in [2.45, 2.75) is 0 Å². The van der Waals surface area contributed by atoms with Crippen molar-refractivity contribution in [3.63, 3.8) is 0 Å². The van der Waals surface area contributed by atoms with E-state index in [1.54, 1.807) is 0 Å². The molecule has 1 N–H and O–H groups in total. The van der Waals surface area contributed by atoms with Crippen molar-refractivity contribution in [3.05, 3.63) is 18.0 Å². The van der Waals surface area contributed by atoms with E-state index in [-0.39, 0.29) is 5.69 Å². The van der Waals surface area contributed by atoms with E-state index in [4.69, 9.17) is 0 Å². The number of H-pyrrole nitrogens is 1. The van der Waals surface area contributed by atoms with Gasteiger partial charge in [-0.15, -0.1) is 0 Å². The van der Waals surface area contributed by atoms with Crippen LogP contribution in [0.15, 0.2) is 6.33 Å². The number of nitrogens with one attached hydrogen (secondary N) is 1. The van der Waals surface area contributed by atoms with E-state index in [1.165, 1.54) is 0 Å². The summed E-state index contributed by atoms with van der Waals surface area (Å²) >= 11 is 0. The summed E-state index contributed by atoms with van der Waals surface area (Å²) in [5, 5.41) is 0. The molecule has 42 valence electrons. The molecule has 0 unspecified atom stereocenters. The molecule has 0 aliphatic heterocycles. The van der Waals surface area contributed by atoms with Crippen LogP contribution in [0.3, 0.4) is 0 Å². The Balaban J connectivity index is 3.09. The fourth-order valence-electron chi connectivity index (χ4n) is 0.371. The van der Waals surface area contributed by atoms with Gasteiger partial charge in [0.2, 0.25) is 5.95 Å². The molecule has 1 rings (SSSR count). The lowest BCUT2D eigenvalue weighted by atomic mass is 10.5. The minimum atomic E-state index is -0.681. The monoisotopic (exact) mass is 114 g/mol. The van der Waals surface area contributed by atoms with Crippen molar-refractivity contribution in [3.8, 4) is 0 Å². The predicted molar refractivity (Wildman–Crippen MR) is 23.9 cm³/mol. The number of carbonyl (C=O) groups is 1. The Morgan fingerprint density at radius 2 is 2.62 bits per heavy atom. The number of carbonyl (C=O) groups excluding carboxylic acids is 1. The molecule has 0 aliphatic rings. The van der Waals surface area contributed by atoms with Crippen LogP contribution in [0.1, 0.15) is 10.5 Å². The molecule has 0 spiro atoms. The quantitative estimate of drug-likeness (QED) is 0.536. The average molecular weight is 114 g/mol. The number of rotatable bonds is 1. The summed E-state index contributed by atoms with van der Waals surface area (Å²) in [5.74, 6) is -0.681. The first-order valence-electron chi connectivity index (χ1n) is 1.98. The van der Waals surface area contributed by atoms with Crippen molar-refractivity contribution in [1.29, 1.82) is 0 Å². The van der Waals surface area contributed by atoms with Gasteiger partial charge in [-0.1, -0.05) is 0 Å². The number of hydrogen-bond acceptors (Lipinski definition) is 2. The van der Waals surface area contributed by atoms with Crippen molar-refractivity contribution in [1.82, 2.24) is 9.97 Å². The van der Waals surface area contributed by atoms with Gasteiger partial charge >= 0.3 is 0 Å². The molecule has 0 bridgehead atoms. The predicted octanol–water partition coefficient (Wildman–Crippen LogP) is 0.361. The molecule has 3 nitrogen and oxygen atoms in total. The largest absolute Gasteiger partial charge is 0.321 e. The van der Waals surface area contributed by atoms with Gasteiger partial charge in [-0.25, -0.2) is 4.98 Å². The van der Waals surface area contributed by atoms with Crippen LogP contribution in [0.4, 0.5) is 4.39 Å². The fourth-order valence-corrected chi connectivity index (χ4v) is 0.371. The minimum Gasteiger partial charge on any atom is -0.321 e. The number of hydrogen-bond donors (Lipinski definition) is 1. The van der Waals surface area contributed by atoms with Gasteiger partial charge in [-0.2, -0.15) is 4.39 Å². The maximum Gasteiger partial charge on any atom is 0.221 e. The Morgan fingerprint density at radius 1 is 1.88 bits per heavy atom. The van der Waals surface area contributed by atoms with Gasteiger partial charge in [-0.3, -0.25) is 4.79 Å². The van der Waals surface area contributed by atoms with E-state index >= 15 is 0 Å². The fraction of sp³-hybridized carbons (Fsp3) is 0. The molecule has 0 aromatic carbocycles. The highest BCUT2D eigenvalue weighted by molar-refractivity contribution is 5.71. The zero-order valence-corrected chi connectivity index (χ0v) is 3.89. The third kappa shape index (κ3) is 0.598. The molecule has 0 amide bonds. The molecule has 4 heteroatoms. The molecule has 0 atom stereocenters. The Kier molecular flexibility index (Phi) is 1.07. The summed E-state index contributed by atoms with van der Waals surface area (Å²) in [7, 11) is 0. The van der Waals surface area contributed by atoms with Crippen molar-refractivity contribution in [2.75, 3.05) is 0 Å². The summed E-state index contributed by atoms with van der Waals surface area (Å²) in [6, 6.07) is 0. The van der Waals surface area contributed by atoms with Crippen LogP contribution in [0.5, 0.6) is 0 Å². The molecular formula is C4H3FN2O. The summed E-state index contributed by atoms with van der Waals surface area (Å²) in [6.07, 6.45) is 1.48. The highest BCUT2D eigenvalue weighted by Crippen LogP contribution is 1.93. The van der Waals surface area contributed by atoms with Crippen LogP contribution in [-0.2, 0) is 0 Å². The second-order valence-corrected chi connectivity index (χ2v) is 1.22. The third-order valence-corrected chi connectivity index (χ3v) is 0.731. The first-order valence-corrected chi connectivity index (χ1v) is 1.98. The molecule has 0 saturated carbocycles. The third-order valence-electron chi connectivity index (χ3n) is 0.731. The highest BCUT2D eigenvalue weighted by atomic mass is 19.1. The standard InChI is InChI=1S/C4H3FN2O/c5-4-3(1-8)6-2-7-4/h1-2H,(H,6,7). The number of halogens is 1. The highest BCUT2D eigenvalue weighted by Gasteiger charge is 1.99. The van der Waals surface area contributed by atoms with Crippen LogP contribution >= 0.6 is 0 Å². The second kappa shape index (κ2) is 1.73. The maximum atomic E-state index is 12.0. The Bertz CT molecular complexity index is 196. The first kappa shape index (κ1) is 4.96. The average Bonchev–Trinajstić information content (AvgIpc) is 2.14. The molecule has 0 radical (unpaired) electrons. The molecule has 0 aliphatic carbocycles. The first-order chi connectivity index (χ1) is 3.84. The van der Waals surface area contributed by atoms with Gasteiger partial charge in [0.15, 0.2) is 12.0 Å². The van der Waals surface area contributed by atoms with Gasteiger partial charge in [-0.05, 0) is 0 Å². The van der Waals surface area contributed by atoms with Crippen LogP contribution in [0.2, 0.25) is 0 Å². The lowest BCUT2D eigenvalue weighted by molar-refractivity contribution is 0.111. The molecule has 0 fully saturated rings. The molecule has 1 aromatic heterocycles. The minimum absolute atomic E-state index is 0.176. The number of aldehydes is 1. The zero-order chi connectivity index (χ0) is 5.98. The van der Waals surface area contributed by atoms with Gasteiger partial charge in [0.1, 0.15) is 0 Å². The molecule has 1 aromatic rings. The summed E-state index contributed by atoms with van der Waals surface area (Å²) < 4.78 is 12.0. The molecule has 1 heterocycles. The smallest absolute Gasteiger partial charge is 0.221 e. The van der Waals surface area contributed by atoms with Crippen molar-refractivity contribution in [2.24, 2.45) is 0 Å². The van der Waals surface area contributed by atoms with E-state index < -0.39 is 5.95 Å². The van der Waals surface area contributed by atoms with E-state index in [0.29, 0.717) is 6.29 Å². The van der Waals surface area contributed by atoms with E-state index in [1.807, 2.05) is 0 Å². The lowest BCUT2D eigenvalue weighted by Crippen LogP contribution is -1.82. The number of imidazole rings is 1. The topological polar surface area (TPSA) is 45.8 Å². The molecule has 8 heavy (non-hydrogen) atoms. The normalized spacial score (nSPS) is 9.12.